The summed E-state index contributed by atoms with van der Waals surface area (Å²) in [5, 5.41) is 0. The van der Waals surface area contributed by atoms with Gasteiger partial charge in [0.05, 0.1) is 6.26 Å². The van der Waals surface area contributed by atoms with Gasteiger partial charge in [-0.2, -0.15) is 0 Å². The first kappa shape index (κ1) is 8.65. The highest BCUT2D eigenvalue weighted by Gasteiger charge is 1.87. The summed E-state index contributed by atoms with van der Waals surface area (Å²) in [5.74, 6) is 6.74. The van der Waals surface area contributed by atoms with E-state index in [-0.39, 0.29) is 0 Å². The molecule has 0 atom stereocenters. The Morgan fingerprint density at radius 3 is 2.57 bits per heavy atom. The first-order valence-electron chi connectivity index (χ1n) is 4.51. The molecule has 1 aromatic heterocycles. The van der Waals surface area contributed by atoms with Crippen molar-refractivity contribution in [3.05, 3.63) is 60.1 Å². The Morgan fingerprint density at radius 2 is 1.86 bits per heavy atom. The molecule has 0 saturated carbocycles. The smallest absolute Gasteiger partial charge is 0.176 e. The van der Waals surface area contributed by atoms with Gasteiger partial charge in [0, 0.05) is 6.42 Å². The van der Waals surface area contributed by atoms with Gasteiger partial charge < -0.3 is 4.42 Å². The molecule has 1 aromatic carbocycles. The van der Waals surface area contributed by atoms with Crippen molar-refractivity contribution in [3.63, 3.8) is 0 Å². The minimum absolute atomic E-state index is 0.723. The lowest BCUT2D eigenvalue weighted by Gasteiger charge is -1.90. The average Bonchev–Trinajstić information content (AvgIpc) is 2.72. The van der Waals surface area contributed by atoms with Crippen LogP contribution in [0.15, 0.2) is 53.1 Å². The van der Waals surface area contributed by atoms with Crippen molar-refractivity contribution in [2.75, 3.05) is 0 Å². The van der Waals surface area contributed by atoms with Crippen LogP contribution in [0.3, 0.4) is 0 Å². The molecule has 2 aromatic rings. The lowest BCUT2D eigenvalue weighted by atomic mass is 10.2. The summed E-state index contributed by atoms with van der Waals surface area (Å²) >= 11 is 0. The number of hydrogen-bond acceptors (Lipinski definition) is 1. The maximum atomic E-state index is 5.10. The Hall–Kier alpha value is -1.94. The van der Waals surface area contributed by atoms with E-state index in [1.54, 1.807) is 6.26 Å². The average molecular weight is 182 g/mol. The molecule has 0 aliphatic heterocycles. The zero-order valence-electron chi connectivity index (χ0n) is 7.73. The molecule has 68 valence electrons. The standard InChI is InChI=1S/C13H10O/c1-2-6-12(7-3-1)8-4-9-13-10-5-11-14-13/h1-3,5-7,10-11H,8H2. The van der Waals surface area contributed by atoms with E-state index in [2.05, 4.69) is 24.0 Å². The fourth-order valence-corrected chi connectivity index (χ4v) is 1.18. The van der Waals surface area contributed by atoms with Crippen LogP contribution in [0.1, 0.15) is 11.3 Å². The van der Waals surface area contributed by atoms with E-state index < -0.39 is 0 Å². The highest BCUT2D eigenvalue weighted by atomic mass is 16.3. The van der Waals surface area contributed by atoms with Crippen molar-refractivity contribution in [1.29, 1.82) is 0 Å². The molecule has 0 radical (unpaired) electrons. The predicted molar refractivity (Wildman–Crippen MR) is 55.7 cm³/mol. The third-order valence-electron chi connectivity index (χ3n) is 1.87. The van der Waals surface area contributed by atoms with E-state index in [1.807, 2.05) is 30.3 Å². The Bertz CT molecular complexity index is 429. The maximum Gasteiger partial charge on any atom is 0.176 e. The molecule has 0 fully saturated rings. The second-order valence-electron chi connectivity index (χ2n) is 2.94. The summed E-state index contributed by atoms with van der Waals surface area (Å²) in [7, 11) is 0. The fourth-order valence-electron chi connectivity index (χ4n) is 1.18. The molecule has 0 bridgehead atoms. The van der Waals surface area contributed by atoms with Crippen LogP contribution in [0.5, 0.6) is 0 Å². The lowest BCUT2D eigenvalue weighted by Crippen LogP contribution is -1.78. The van der Waals surface area contributed by atoms with Crippen LogP contribution < -0.4 is 0 Å². The van der Waals surface area contributed by atoms with Crippen LogP contribution in [0.25, 0.3) is 0 Å². The molecule has 0 aliphatic carbocycles. The minimum atomic E-state index is 0.723. The van der Waals surface area contributed by atoms with Crippen molar-refractivity contribution >= 4 is 0 Å². The summed E-state index contributed by atoms with van der Waals surface area (Å²) in [4.78, 5) is 0. The van der Waals surface area contributed by atoms with Crippen molar-refractivity contribution < 1.29 is 4.42 Å². The van der Waals surface area contributed by atoms with Gasteiger partial charge in [0.2, 0.25) is 0 Å². The van der Waals surface area contributed by atoms with E-state index in [0.717, 1.165) is 12.2 Å². The van der Waals surface area contributed by atoms with Crippen molar-refractivity contribution in [3.8, 4) is 11.8 Å². The molecule has 1 heteroatoms. The van der Waals surface area contributed by atoms with E-state index in [1.165, 1.54) is 5.56 Å². The third kappa shape index (κ3) is 2.27. The molecule has 0 spiro atoms. The minimum Gasteiger partial charge on any atom is -0.456 e. The molecular weight excluding hydrogens is 172 g/mol. The van der Waals surface area contributed by atoms with E-state index >= 15 is 0 Å². The van der Waals surface area contributed by atoms with Gasteiger partial charge in [-0.05, 0) is 23.6 Å². The summed E-state index contributed by atoms with van der Waals surface area (Å²) in [6, 6.07) is 13.9. The van der Waals surface area contributed by atoms with Crippen molar-refractivity contribution in [1.82, 2.24) is 0 Å². The van der Waals surface area contributed by atoms with Gasteiger partial charge in [-0.25, -0.2) is 0 Å². The zero-order chi connectivity index (χ0) is 9.64. The zero-order valence-corrected chi connectivity index (χ0v) is 7.73. The van der Waals surface area contributed by atoms with Crippen LogP contribution in [0, 0.1) is 11.8 Å². The second-order valence-corrected chi connectivity index (χ2v) is 2.94. The molecule has 0 aliphatic rings. The fraction of sp³-hybridized carbons (Fsp3) is 0.0769. The molecule has 0 saturated heterocycles. The van der Waals surface area contributed by atoms with Gasteiger partial charge in [-0.15, -0.1) is 0 Å². The largest absolute Gasteiger partial charge is 0.456 e. The van der Waals surface area contributed by atoms with Gasteiger partial charge in [0.1, 0.15) is 0 Å². The van der Waals surface area contributed by atoms with Gasteiger partial charge in [-0.1, -0.05) is 36.3 Å². The Kier molecular flexibility index (Phi) is 2.68. The Labute approximate surface area is 83.4 Å². The van der Waals surface area contributed by atoms with E-state index in [4.69, 9.17) is 4.42 Å². The third-order valence-corrected chi connectivity index (χ3v) is 1.87. The second kappa shape index (κ2) is 4.34. The van der Waals surface area contributed by atoms with Crippen molar-refractivity contribution in [2.45, 2.75) is 6.42 Å². The van der Waals surface area contributed by atoms with E-state index in [9.17, 15) is 0 Å². The molecule has 1 nitrogen and oxygen atoms in total. The van der Waals surface area contributed by atoms with Gasteiger partial charge >= 0.3 is 0 Å². The molecule has 0 amide bonds. The lowest BCUT2D eigenvalue weighted by molar-refractivity contribution is 0.554. The molecule has 2 rings (SSSR count). The molecule has 14 heavy (non-hydrogen) atoms. The highest BCUT2D eigenvalue weighted by Crippen LogP contribution is 2.00. The molecule has 0 N–H and O–H groups in total. The van der Waals surface area contributed by atoms with Gasteiger partial charge in [0.25, 0.3) is 0 Å². The highest BCUT2D eigenvalue weighted by molar-refractivity contribution is 5.28. The first-order valence-corrected chi connectivity index (χ1v) is 4.51. The van der Waals surface area contributed by atoms with Crippen LogP contribution in [0.2, 0.25) is 0 Å². The van der Waals surface area contributed by atoms with Crippen LogP contribution >= 0.6 is 0 Å². The number of benzene rings is 1. The quantitative estimate of drug-likeness (QED) is 0.618. The topological polar surface area (TPSA) is 13.1 Å². The number of rotatable bonds is 1. The summed E-state index contributed by atoms with van der Waals surface area (Å²) in [6.45, 7) is 0. The summed E-state index contributed by atoms with van der Waals surface area (Å²) in [5.41, 5.74) is 1.23. The van der Waals surface area contributed by atoms with Crippen LogP contribution in [-0.4, -0.2) is 0 Å². The number of furan rings is 1. The monoisotopic (exact) mass is 182 g/mol. The maximum absolute atomic E-state index is 5.10. The Morgan fingerprint density at radius 1 is 1.00 bits per heavy atom. The number of hydrogen-bond donors (Lipinski definition) is 0. The molecular formula is C13H10O. The predicted octanol–water partition coefficient (Wildman–Crippen LogP) is 2.87. The Balaban J connectivity index is 2.01. The first-order chi connectivity index (χ1) is 6.95. The molecule has 0 unspecified atom stereocenters. The molecule has 1 heterocycles. The van der Waals surface area contributed by atoms with Gasteiger partial charge in [-0.3, -0.25) is 0 Å². The van der Waals surface area contributed by atoms with Crippen LogP contribution in [-0.2, 0) is 6.42 Å². The normalized spacial score (nSPS) is 9.14. The van der Waals surface area contributed by atoms with Gasteiger partial charge in [0.15, 0.2) is 5.76 Å². The summed E-state index contributed by atoms with van der Waals surface area (Å²) in [6.07, 6.45) is 2.40. The van der Waals surface area contributed by atoms with Crippen LogP contribution in [0.4, 0.5) is 0 Å². The van der Waals surface area contributed by atoms with Crippen molar-refractivity contribution in [2.24, 2.45) is 0 Å². The SMILES string of the molecule is C(#Cc1ccco1)Cc1ccccc1. The summed E-state index contributed by atoms with van der Waals surface area (Å²) < 4.78 is 5.10. The van der Waals surface area contributed by atoms with E-state index in [0.29, 0.717) is 0 Å².